The van der Waals surface area contributed by atoms with Gasteiger partial charge in [-0.1, -0.05) is 49.3 Å². The molecular weight excluding hydrogens is 552 g/mol. The number of rotatable bonds is 4. The molecule has 1 aliphatic heterocycles. The summed E-state index contributed by atoms with van der Waals surface area (Å²) in [7, 11) is 0. The van der Waals surface area contributed by atoms with Crippen LogP contribution in [0.5, 0.6) is 5.75 Å². The highest BCUT2D eigenvalue weighted by molar-refractivity contribution is 5.97. The highest BCUT2D eigenvalue weighted by Crippen LogP contribution is 2.32. The van der Waals surface area contributed by atoms with Crippen molar-refractivity contribution in [2.24, 2.45) is 0 Å². The summed E-state index contributed by atoms with van der Waals surface area (Å²) in [6.07, 6.45) is 2.32. The number of amides is 1. The van der Waals surface area contributed by atoms with Gasteiger partial charge >= 0.3 is 0 Å². The molecule has 0 atom stereocenters. The van der Waals surface area contributed by atoms with E-state index in [9.17, 15) is 4.79 Å². The van der Waals surface area contributed by atoms with E-state index < -0.39 is 0 Å². The Hall–Kier alpha value is -4.56. The molecule has 5 aromatic rings. The second kappa shape index (κ2) is 13.0. The van der Waals surface area contributed by atoms with Crippen LogP contribution in [0.1, 0.15) is 63.7 Å². The van der Waals surface area contributed by atoms with E-state index in [0.717, 1.165) is 80.3 Å². The molecule has 2 bridgehead atoms. The van der Waals surface area contributed by atoms with Crippen LogP contribution in [0.2, 0.25) is 0 Å². The number of carbonyl (C=O) groups excluding carboxylic acids is 1. The third kappa shape index (κ3) is 6.21. The van der Waals surface area contributed by atoms with Gasteiger partial charge in [-0.25, -0.2) is 9.97 Å². The number of ether oxygens (including phenoxy) is 2. The molecule has 0 N–H and O–H groups in total. The van der Waals surface area contributed by atoms with Crippen LogP contribution in [0.3, 0.4) is 0 Å². The molecule has 0 saturated carbocycles. The molecule has 0 spiro atoms. The van der Waals surface area contributed by atoms with Gasteiger partial charge in [0, 0.05) is 30.6 Å². The van der Waals surface area contributed by atoms with E-state index >= 15 is 0 Å². The highest BCUT2D eigenvalue weighted by atomic mass is 16.5. The molecule has 0 unspecified atom stereocenters. The first-order chi connectivity index (χ1) is 21.4. The predicted molar refractivity (Wildman–Crippen MR) is 170 cm³/mol. The van der Waals surface area contributed by atoms with Gasteiger partial charge in [0.05, 0.1) is 41.3 Å². The van der Waals surface area contributed by atoms with E-state index in [1.165, 1.54) is 0 Å². The molecule has 0 aliphatic carbocycles. The molecule has 44 heavy (non-hydrogen) atoms. The zero-order chi connectivity index (χ0) is 30.6. The van der Waals surface area contributed by atoms with Crippen LogP contribution in [-0.2, 0) is 30.5 Å². The van der Waals surface area contributed by atoms with Crippen LogP contribution in [0.15, 0.2) is 65.2 Å². The highest BCUT2D eigenvalue weighted by Gasteiger charge is 2.19. The van der Waals surface area contributed by atoms with E-state index in [0.29, 0.717) is 44.9 Å². The van der Waals surface area contributed by atoms with E-state index in [1.54, 1.807) is 0 Å². The normalized spacial score (nSPS) is 14.1. The van der Waals surface area contributed by atoms with Crippen molar-refractivity contribution in [2.75, 3.05) is 26.4 Å². The van der Waals surface area contributed by atoms with Crippen LogP contribution < -0.4 is 4.74 Å². The van der Waals surface area contributed by atoms with E-state index in [2.05, 4.69) is 55.4 Å². The standard InChI is InChI=1S/C36H38N4O4/c1-5-30-31(6-2)38-33-21-28(10-12-32(33)37-30)36(41)40-14-15-42-16-17-43-34-13-11-27(35-23(3)39-44-24(35)4)20-29(34)19-25-8-7-9-26(18-25)22-40/h7-13,18,20-21H,5-6,14-17,19,22H2,1-4H3. The lowest BCUT2D eigenvalue weighted by atomic mass is 9.96. The molecule has 8 nitrogen and oxygen atoms in total. The molecule has 0 radical (unpaired) electrons. The molecule has 2 aromatic heterocycles. The summed E-state index contributed by atoms with van der Waals surface area (Å²) < 4.78 is 17.6. The fraction of sp³-hybridized carbons (Fsp3) is 0.333. The average molecular weight is 591 g/mol. The van der Waals surface area contributed by atoms with Gasteiger partial charge in [0.2, 0.25) is 0 Å². The Morgan fingerprint density at radius 1 is 0.864 bits per heavy atom. The minimum absolute atomic E-state index is 0.0573. The molecule has 0 fully saturated rings. The SMILES string of the molecule is CCc1nc2ccc(C(=O)N3CCOCCOc4ccc(-c5c(C)noc5C)cc4Cc4cccc(c4)C3)cc2nc1CC. The van der Waals surface area contributed by atoms with Gasteiger partial charge in [0.25, 0.3) is 5.91 Å². The summed E-state index contributed by atoms with van der Waals surface area (Å²) >= 11 is 0. The Bertz CT molecular complexity index is 1790. The van der Waals surface area contributed by atoms with Crippen molar-refractivity contribution in [1.82, 2.24) is 20.0 Å². The fourth-order valence-electron chi connectivity index (χ4n) is 5.94. The van der Waals surface area contributed by atoms with Crippen molar-refractivity contribution >= 4 is 16.9 Å². The van der Waals surface area contributed by atoms with Gasteiger partial charge in [-0.05, 0) is 79.3 Å². The summed E-state index contributed by atoms with van der Waals surface area (Å²) in [4.78, 5) is 25.4. The van der Waals surface area contributed by atoms with Gasteiger partial charge in [0.1, 0.15) is 18.1 Å². The molecule has 8 heteroatoms. The Balaban J connectivity index is 1.30. The number of hydrogen-bond donors (Lipinski definition) is 0. The largest absolute Gasteiger partial charge is 0.491 e. The number of nitrogens with zero attached hydrogens (tertiary/aromatic N) is 4. The molecule has 1 amide bonds. The smallest absolute Gasteiger partial charge is 0.254 e. The topological polar surface area (TPSA) is 90.6 Å². The number of benzene rings is 3. The first-order valence-electron chi connectivity index (χ1n) is 15.4. The van der Waals surface area contributed by atoms with Crippen molar-refractivity contribution in [1.29, 1.82) is 0 Å². The summed E-state index contributed by atoms with van der Waals surface area (Å²) in [6.45, 7) is 10.2. The van der Waals surface area contributed by atoms with Crippen molar-refractivity contribution < 1.29 is 18.8 Å². The van der Waals surface area contributed by atoms with Crippen molar-refractivity contribution in [3.8, 4) is 16.9 Å². The van der Waals surface area contributed by atoms with E-state index in [1.807, 2.05) is 43.0 Å². The molecular formula is C36H38N4O4. The van der Waals surface area contributed by atoms with Crippen LogP contribution >= 0.6 is 0 Å². The Morgan fingerprint density at radius 2 is 1.66 bits per heavy atom. The van der Waals surface area contributed by atoms with Gasteiger partial charge in [-0.2, -0.15) is 0 Å². The van der Waals surface area contributed by atoms with Gasteiger partial charge in [0.15, 0.2) is 0 Å². The number of fused-ring (bicyclic) bond motifs is 4. The lowest BCUT2D eigenvalue weighted by molar-refractivity contribution is 0.0571. The Labute approximate surface area is 258 Å². The third-order valence-corrected chi connectivity index (χ3v) is 8.16. The molecule has 6 rings (SSSR count). The summed E-state index contributed by atoms with van der Waals surface area (Å²) in [5, 5.41) is 4.14. The first-order valence-corrected chi connectivity index (χ1v) is 15.4. The zero-order valence-electron chi connectivity index (χ0n) is 25.9. The number of carbonyl (C=O) groups is 1. The molecule has 226 valence electrons. The lowest BCUT2D eigenvalue weighted by Gasteiger charge is -2.24. The zero-order valence-corrected chi connectivity index (χ0v) is 25.9. The second-order valence-electron chi connectivity index (χ2n) is 11.2. The van der Waals surface area contributed by atoms with Gasteiger partial charge in [-0.3, -0.25) is 4.79 Å². The average Bonchev–Trinajstić information content (AvgIpc) is 3.38. The number of aryl methyl sites for hydroxylation is 4. The van der Waals surface area contributed by atoms with E-state index in [-0.39, 0.29) is 5.91 Å². The predicted octanol–water partition coefficient (Wildman–Crippen LogP) is 6.67. The van der Waals surface area contributed by atoms with Crippen LogP contribution in [-0.4, -0.2) is 52.3 Å². The maximum Gasteiger partial charge on any atom is 0.254 e. The first kappa shape index (κ1) is 29.5. The lowest BCUT2D eigenvalue weighted by Crippen LogP contribution is -2.34. The van der Waals surface area contributed by atoms with Crippen molar-refractivity contribution in [3.05, 3.63) is 106 Å². The molecule has 0 saturated heterocycles. The second-order valence-corrected chi connectivity index (χ2v) is 11.2. The van der Waals surface area contributed by atoms with Crippen LogP contribution in [0.4, 0.5) is 0 Å². The summed E-state index contributed by atoms with van der Waals surface area (Å²) in [5.41, 5.74) is 10.3. The van der Waals surface area contributed by atoms with Crippen LogP contribution in [0, 0.1) is 13.8 Å². The van der Waals surface area contributed by atoms with Crippen molar-refractivity contribution in [3.63, 3.8) is 0 Å². The summed E-state index contributed by atoms with van der Waals surface area (Å²) in [5.74, 6) is 1.57. The molecule has 3 heterocycles. The Kier molecular flexibility index (Phi) is 8.70. The minimum atomic E-state index is -0.0573. The van der Waals surface area contributed by atoms with Gasteiger partial charge in [-0.15, -0.1) is 0 Å². The maximum atomic E-state index is 13.9. The third-order valence-electron chi connectivity index (χ3n) is 8.16. The van der Waals surface area contributed by atoms with Crippen LogP contribution in [0.25, 0.3) is 22.2 Å². The Morgan fingerprint density at radius 3 is 2.43 bits per heavy atom. The quantitative estimate of drug-likeness (QED) is 0.231. The fourth-order valence-corrected chi connectivity index (χ4v) is 5.94. The van der Waals surface area contributed by atoms with Crippen molar-refractivity contribution in [2.45, 2.75) is 53.5 Å². The monoisotopic (exact) mass is 590 g/mol. The molecule has 3 aromatic carbocycles. The van der Waals surface area contributed by atoms with Gasteiger partial charge < -0.3 is 18.9 Å². The summed E-state index contributed by atoms with van der Waals surface area (Å²) in [6, 6.07) is 20.3. The minimum Gasteiger partial charge on any atom is -0.491 e. The van der Waals surface area contributed by atoms with E-state index in [4.69, 9.17) is 24.0 Å². The molecule has 1 aliphatic rings. The maximum absolute atomic E-state index is 13.9. The number of aromatic nitrogens is 3. The number of hydrogen-bond acceptors (Lipinski definition) is 7.